The van der Waals surface area contributed by atoms with Gasteiger partial charge in [0, 0.05) is 0 Å². The SMILES string of the molecule is CCCCCCCCCCC/C=C/CC/C=C/CC/C=C/C(O)C(CO)NC(=O)C(O)CCCCCCCCCCCCCCCCCCCCCCCC. The van der Waals surface area contributed by atoms with Crippen molar-refractivity contribution in [3.63, 3.8) is 0 Å². The largest absolute Gasteiger partial charge is 0.394 e. The molecule has 0 rings (SSSR count). The number of aliphatic hydroxyl groups is 3. The second kappa shape index (κ2) is 45.3. The van der Waals surface area contributed by atoms with Gasteiger partial charge in [-0.05, 0) is 44.9 Å². The summed E-state index contributed by atoms with van der Waals surface area (Å²) in [6.07, 6.45) is 57.6. The third-order valence-corrected chi connectivity index (χ3v) is 11.2. The fourth-order valence-electron chi connectivity index (χ4n) is 7.39. The molecule has 0 aromatic carbocycles. The van der Waals surface area contributed by atoms with E-state index in [1.54, 1.807) is 6.08 Å². The lowest BCUT2D eigenvalue weighted by Gasteiger charge is -2.21. The first kappa shape index (κ1) is 53.6. The van der Waals surface area contributed by atoms with Crippen LogP contribution in [-0.2, 0) is 4.79 Å². The van der Waals surface area contributed by atoms with Gasteiger partial charge in [-0.15, -0.1) is 0 Å². The lowest BCUT2D eigenvalue weighted by molar-refractivity contribution is -0.131. The number of unbranched alkanes of at least 4 members (excludes halogenated alkanes) is 32. The van der Waals surface area contributed by atoms with Crippen molar-refractivity contribution in [2.75, 3.05) is 6.61 Å². The molecule has 5 nitrogen and oxygen atoms in total. The molecule has 0 aliphatic rings. The van der Waals surface area contributed by atoms with E-state index in [0.717, 1.165) is 44.9 Å². The lowest BCUT2D eigenvalue weighted by Crippen LogP contribution is -2.48. The van der Waals surface area contributed by atoms with Gasteiger partial charge in [-0.25, -0.2) is 0 Å². The maximum Gasteiger partial charge on any atom is 0.249 e. The van der Waals surface area contributed by atoms with E-state index in [2.05, 4.69) is 43.5 Å². The van der Waals surface area contributed by atoms with Gasteiger partial charge in [0.25, 0.3) is 0 Å². The maximum atomic E-state index is 12.5. The van der Waals surface area contributed by atoms with Crippen LogP contribution in [0.5, 0.6) is 0 Å². The summed E-state index contributed by atoms with van der Waals surface area (Å²) in [5.41, 5.74) is 0. The highest BCUT2D eigenvalue weighted by Crippen LogP contribution is 2.16. The number of hydrogen-bond donors (Lipinski definition) is 4. The van der Waals surface area contributed by atoms with Crippen molar-refractivity contribution in [3.8, 4) is 0 Å². The molecule has 0 fully saturated rings. The van der Waals surface area contributed by atoms with Gasteiger partial charge in [-0.1, -0.05) is 243 Å². The van der Waals surface area contributed by atoms with Crippen LogP contribution in [0.3, 0.4) is 0 Å². The van der Waals surface area contributed by atoms with Crippen molar-refractivity contribution in [1.82, 2.24) is 5.32 Å². The van der Waals surface area contributed by atoms with Crippen LogP contribution in [0.15, 0.2) is 36.5 Å². The second-order valence-corrected chi connectivity index (χ2v) is 16.7. The molecule has 1 amide bonds. The molecule has 0 saturated heterocycles. The second-order valence-electron chi connectivity index (χ2n) is 16.7. The molecule has 55 heavy (non-hydrogen) atoms. The Morgan fingerprint density at radius 1 is 0.436 bits per heavy atom. The van der Waals surface area contributed by atoms with Crippen molar-refractivity contribution < 1.29 is 20.1 Å². The molecule has 0 bridgehead atoms. The number of amides is 1. The Morgan fingerprint density at radius 2 is 0.745 bits per heavy atom. The molecule has 3 unspecified atom stereocenters. The first-order valence-electron chi connectivity index (χ1n) is 24.3. The molecule has 0 aromatic heterocycles. The van der Waals surface area contributed by atoms with Gasteiger partial charge in [-0.2, -0.15) is 0 Å². The minimum absolute atomic E-state index is 0.379. The van der Waals surface area contributed by atoms with E-state index >= 15 is 0 Å². The van der Waals surface area contributed by atoms with Crippen molar-refractivity contribution in [2.45, 2.75) is 270 Å². The number of carbonyl (C=O) groups excluding carboxylic acids is 1. The molecule has 0 aromatic rings. The maximum absolute atomic E-state index is 12.5. The van der Waals surface area contributed by atoms with E-state index in [1.165, 1.54) is 186 Å². The molecule has 324 valence electrons. The number of aliphatic hydroxyl groups excluding tert-OH is 3. The van der Waals surface area contributed by atoms with Crippen LogP contribution in [0.25, 0.3) is 0 Å². The zero-order valence-electron chi connectivity index (χ0n) is 36.8. The topological polar surface area (TPSA) is 89.8 Å². The molecule has 0 heterocycles. The predicted octanol–water partition coefficient (Wildman–Crippen LogP) is 14.3. The van der Waals surface area contributed by atoms with Gasteiger partial charge < -0.3 is 20.6 Å². The van der Waals surface area contributed by atoms with Gasteiger partial charge in [0.1, 0.15) is 6.10 Å². The van der Waals surface area contributed by atoms with Crippen LogP contribution in [0.1, 0.15) is 251 Å². The standard InChI is InChI=1S/C50H95NO4/c1-3-5-7-9-11-13-15-17-19-21-23-24-25-27-29-31-33-35-37-39-41-43-45-49(54)50(55)51-47(46-52)48(53)44-42-40-38-36-34-32-30-28-26-22-20-18-16-14-12-10-8-6-4-2/h26,28,34,36,42,44,47-49,52-54H,3-25,27,29-33,35,37-41,43,45-46H2,1-2H3,(H,51,55)/b28-26+,36-34+,44-42+. The molecule has 0 aliphatic heterocycles. The number of hydrogen-bond acceptors (Lipinski definition) is 4. The number of nitrogens with one attached hydrogen (secondary N) is 1. The Morgan fingerprint density at radius 3 is 1.11 bits per heavy atom. The Balaban J connectivity index is 3.67. The van der Waals surface area contributed by atoms with Crippen molar-refractivity contribution in [3.05, 3.63) is 36.5 Å². The van der Waals surface area contributed by atoms with Gasteiger partial charge in [-0.3, -0.25) is 4.79 Å². The highest BCUT2D eigenvalue weighted by molar-refractivity contribution is 5.80. The van der Waals surface area contributed by atoms with Crippen LogP contribution in [0.4, 0.5) is 0 Å². The normalized spacial score (nSPS) is 13.8. The smallest absolute Gasteiger partial charge is 0.249 e. The zero-order valence-corrected chi connectivity index (χ0v) is 36.8. The van der Waals surface area contributed by atoms with Crippen LogP contribution in [0, 0.1) is 0 Å². The Hall–Kier alpha value is -1.43. The van der Waals surface area contributed by atoms with E-state index in [-0.39, 0.29) is 6.61 Å². The molecule has 0 saturated carbocycles. The van der Waals surface area contributed by atoms with E-state index in [4.69, 9.17) is 0 Å². The third kappa shape index (κ3) is 40.6. The van der Waals surface area contributed by atoms with Gasteiger partial charge in [0.05, 0.1) is 18.8 Å². The summed E-state index contributed by atoms with van der Waals surface area (Å²) in [6.45, 7) is 4.18. The molecule has 0 radical (unpaired) electrons. The highest BCUT2D eigenvalue weighted by Gasteiger charge is 2.22. The molecule has 0 spiro atoms. The molecule has 3 atom stereocenters. The van der Waals surface area contributed by atoms with Crippen LogP contribution < -0.4 is 5.32 Å². The summed E-state index contributed by atoms with van der Waals surface area (Å²) in [5, 5.41) is 33.2. The van der Waals surface area contributed by atoms with Crippen molar-refractivity contribution in [1.29, 1.82) is 0 Å². The third-order valence-electron chi connectivity index (χ3n) is 11.2. The van der Waals surface area contributed by atoms with Crippen molar-refractivity contribution in [2.24, 2.45) is 0 Å². The molecular weight excluding hydrogens is 679 g/mol. The van der Waals surface area contributed by atoms with Gasteiger partial charge >= 0.3 is 0 Å². The van der Waals surface area contributed by atoms with E-state index in [0.29, 0.717) is 6.42 Å². The van der Waals surface area contributed by atoms with Crippen LogP contribution >= 0.6 is 0 Å². The van der Waals surface area contributed by atoms with Crippen molar-refractivity contribution >= 4 is 5.91 Å². The monoisotopic (exact) mass is 774 g/mol. The zero-order chi connectivity index (χ0) is 40.1. The average Bonchev–Trinajstić information content (AvgIpc) is 3.19. The minimum atomic E-state index is -1.11. The summed E-state index contributed by atoms with van der Waals surface area (Å²) < 4.78 is 0. The number of allylic oxidation sites excluding steroid dienone is 5. The fourth-order valence-corrected chi connectivity index (χ4v) is 7.39. The summed E-state index contributed by atoms with van der Waals surface area (Å²) in [5.74, 6) is -0.514. The summed E-state index contributed by atoms with van der Waals surface area (Å²) in [4.78, 5) is 12.5. The first-order chi connectivity index (χ1) is 27.1. The minimum Gasteiger partial charge on any atom is -0.394 e. The fraction of sp³-hybridized carbons (Fsp3) is 0.860. The Bertz CT molecular complexity index is 855. The summed E-state index contributed by atoms with van der Waals surface area (Å²) in [6, 6.07) is -0.819. The van der Waals surface area contributed by atoms with E-state index in [1.807, 2.05) is 6.08 Å². The predicted molar refractivity (Wildman–Crippen MR) is 241 cm³/mol. The van der Waals surface area contributed by atoms with E-state index in [9.17, 15) is 20.1 Å². The van der Waals surface area contributed by atoms with Gasteiger partial charge in [0.2, 0.25) is 5.91 Å². The Kier molecular flexibility index (Phi) is 44.1. The lowest BCUT2D eigenvalue weighted by atomic mass is 10.0. The highest BCUT2D eigenvalue weighted by atomic mass is 16.3. The average molecular weight is 774 g/mol. The summed E-state index contributed by atoms with van der Waals surface area (Å²) >= 11 is 0. The van der Waals surface area contributed by atoms with Crippen LogP contribution in [-0.4, -0.2) is 46.1 Å². The Labute approximate surface area is 343 Å². The quantitative estimate of drug-likeness (QED) is 0.0367. The number of rotatable bonds is 44. The number of carbonyl (C=O) groups is 1. The van der Waals surface area contributed by atoms with E-state index < -0.39 is 24.2 Å². The molecule has 0 aliphatic carbocycles. The first-order valence-corrected chi connectivity index (χ1v) is 24.3. The molecular formula is C50H95NO4. The van der Waals surface area contributed by atoms with Gasteiger partial charge in [0.15, 0.2) is 0 Å². The molecule has 5 heteroatoms. The molecule has 4 N–H and O–H groups in total. The summed E-state index contributed by atoms with van der Waals surface area (Å²) in [7, 11) is 0. The van der Waals surface area contributed by atoms with Crippen LogP contribution in [0.2, 0.25) is 0 Å².